The van der Waals surface area contributed by atoms with Crippen molar-refractivity contribution in [3.8, 4) is 0 Å². The van der Waals surface area contributed by atoms with Gasteiger partial charge < -0.3 is 9.84 Å². The van der Waals surface area contributed by atoms with Crippen molar-refractivity contribution in [1.82, 2.24) is 15.1 Å². The number of nitrogens with one attached hydrogen (secondary N) is 1. The number of aromatic nitrogens is 3. The van der Waals surface area contributed by atoms with Gasteiger partial charge in [-0.3, -0.25) is 0 Å². The molecule has 0 unspecified atom stereocenters. The third-order valence-electron chi connectivity index (χ3n) is 2.57. The van der Waals surface area contributed by atoms with Crippen molar-refractivity contribution >= 4 is 5.82 Å². The Morgan fingerprint density at radius 1 is 1.35 bits per heavy atom. The van der Waals surface area contributed by atoms with Gasteiger partial charge in [0.15, 0.2) is 0 Å². The number of rotatable bonds is 4. The number of halogens is 2. The van der Waals surface area contributed by atoms with Gasteiger partial charge in [-0.05, 0) is 6.07 Å². The molecule has 108 valence electrons. The summed E-state index contributed by atoms with van der Waals surface area (Å²) in [6.45, 7) is 6.30. The molecule has 2 rings (SSSR count). The van der Waals surface area contributed by atoms with E-state index in [-0.39, 0.29) is 12.0 Å². The summed E-state index contributed by atoms with van der Waals surface area (Å²) in [4.78, 5) is 8.58. The lowest BCUT2D eigenvalue weighted by Crippen LogP contribution is -2.16. The van der Waals surface area contributed by atoms with Gasteiger partial charge in [-0.1, -0.05) is 25.9 Å². The zero-order valence-corrected chi connectivity index (χ0v) is 11.5. The predicted molar refractivity (Wildman–Crippen MR) is 69.5 cm³/mol. The van der Waals surface area contributed by atoms with E-state index in [9.17, 15) is 8.78 Å². The summed E-state index contributed by atoms with van der Waals surface area (Å²) in [5, 5.41) is 6.57. The van der Waals surface area contributed by atoms with Crippen LogP contribution in [0, 0.1) is 0 Å². The molecule has 0 aliphatic carbocycles. The topological polar surface area (TPSA) is 63.8 Å². The molecule has 0 radical (unpaired) electrons. The summed E-state index contributed by atoms with van der Waals surface area (Å²) in [5.41, 5.74) is 0.241. The van der Waals surface area contributed by atoms with Crippen LogP contribution in [-0.2, 0) is 12.0 Å². The lowest BCUT2D eigenvalue weighted by atomic mass is 9.96. The average molecular weight is 282 g/mol. The first-order valence-electron chi connectivity index (χ1n) is 6.17. The number of alkyl halides is 2. The van der Waals surface area contributed by atoms with E-state index < -0.39 is 12.2 Å². The fourth-order valence-electron chi connectivity index (χ4n) is 1.51. The van der Waals surface area contributed by atoms with Crippen molar-refractivity contribution in [2.75, 3.05) is 5.32 Å². The molecule has 2 aromatic heterocycles. The minimum absolute atomic E-state index is 0.158. The second kappa shape index (κ2) is 5.52. The Balaban J connectivity index is 2.03. The third kappa shape index (κ3) is 3.49. The maximum absolute atomic E-state index is 12.4. The van der Waals surface area contributed by atoms with Crippen molar-refractivity contribution in [3.63, 3.8) is 0 Å². The molecule has 2 aromatic rings. The molecule has 0 aliphatic rings. The summed E-state index contributed by atoms with van der Waals surface area (Å²) < 4.78 is 29.2. The highest BCUT2D eigenvalue weighted by Gasteiger charge is 2.17. The van der Waals surface area contributed by atoms with Crippen molar-refractivity contribution in [3.05, 3.63) is 35.6 Å². The quantitative estimate of drug-likeness (QED) is 0.932. The minimum Gasteiger partial charge on any atom is -0.364 e. The molecular weight excluding hydrogens is 266 g/mol. The number of anilines is 1. The lowest BCUT2D eigenvalue weighted by Gasteiger charge is -2.16. The Morgan fingerprint density at radius 2 is 2.10 bits per heavy atom. The van der Waals surface area contributed by atoms with Crippen LogP contribution in [0.25, 0.3) is 0 Å². The molecule has 0 aromatic carbocycles. The Morgan fingerprint density at radius 3 is 2.70 bits per heavy atom. The Bertz CT molecular complexity index is 578. The molecule has 0 saturated carbocycles. The van der Waals surface area contributed by atoms with E-state index in [1.54, 1.807) is 12.3 Å². The van der Waals surface area contributed by atoms with Crippen LogP contribution in [0.3, 0.4) is 0 Å². The van der Waals surface area contributed by atoms with E-state index in [0.717, 1.165) is 0 Å². The monoisotopic (exact) mass is 282 g/mol. The van der Waals surface area contributed by atoms with Gasteiger partial charge >= 0.3 is 0 Å². The molecule has 0 saturated heterocycles. The molecule has 7 heteroatoms. The summed E-state index contributed by atoms with van der Waals surface area (Å²) >= 11 is 0. The normalized spacial score (nSPS) is 11.9. The summed E-state index contributed by atoms with van der Waals surface area (Å²) in [7, 11) is 0. The molecule has 0 bridgehead atoms. The first-order valence-corrected chi connectivity index (χ1v) is 6.17. The van der Waals surface area contributed by atoms with E-state index in [4.69, 9.17) is 0 Å². The van der Waals surface area contributed by atoms with Crippen LogP contribution in [0.2, 0.25) is 0 Å². The summed E-state index contributed by atoms with van der Waals surface area (Å²) in [5.74, 6) is 0.891. The lowest BCUT2D eigenvalue weighted by molar-refractivity contribution is 0.112. The molecule has 0 amide bonds. The Hall–Kier alpha value is -2.05. The first kappa shape index (κ1) is 14.4. The first-order chi connectivity index (χ1) is 9.36. The van der Waals surface area contributed by atoms with Gasteiger partial charge in [0.25, 0.3) is 6.43 Å². The largest absolute Gasteiger partial charge is 0.364 e. The molecule has 1 N–H and O–H groups in total. The molecule has 20 heavy (non-hydrogen) atoms. The number of nitrogens with zero attached hydrogens (tertiary/aromatic N) is 3. The summed E-state index contributed by atoms with van der Waals surface area (Å²) in [6, 6.07) is 2.94. The molecule has 0 fully saturated rings. The van der Waals surface area contributed by atoms with E-state index in [0.29, 0.717) is 17.3 Å². The van der Waals surface area contributed by atoms with Crippen LogP contribution in [0.4, 0.5) is 14.6 Å². The Kier molecular flexibility index (Phi) is 3.96. The predicted octanol–water partition coefficient (Wildman–Crippen LogP) is 3.31. The SMILES string of the molecule is CC(C)(C)c1nccc(NCc2cc(C(F)F)on2)n1. The fourth-order valence-corrected chi connectivity index (χ4v) is 1.51. The number of hydrogen-bond acceptors (Lipinski definition) is 5. The zero-order chi connectivity index (χ0) is 14.8. The van der Waals surface area contributed by atoms with Gasteiger partial charge in [0.1, 0.15) is 17.3 Å². The molecule has 0 aliphatic heterocycles. The minimum atomic E-state index is -2.65. The standard InChI is InChI=1S/C13H16F2N4O/c1-13(2,3)12-16-5-4-10(18-12)17-7-8-6-9(11(14)15)20-19-8/h4-6,11H,7H2,1-3H3,(H,16,17,18). The zero-order valence-electron chi connectivity index (χ0n) is 11.5. The highest BCUT2D eigenvalue weighted by atomic mass is 19.3. The van der Waals surface area contributed by atoms with Crippen LogP contribution >= 0.6 is 0 Å². The third-order valence-corrected chi connectivity index (χ3v) is 2.57. The van der Waals surface area contributed by atoms with Gasteiger partial charge in [-0.2, -0.15) is 0 Å². The van der Waals surface area contributed by atoms with E-state index in [2.05, 4.69) is 25.0 Å². The molecule has 2 heterocycles. The van der Waals surface area contributed by atoms with Crippen LogP contribution in [0.5, 0.6) is 0 Å². The maximum atomic E-state index is 12.4. The van der Waals surface area contributed by atoms with Crippen molar-refractivity contribution in [1.29, 1.82) is 0 Å². The van der Waals surface area contributed by atoms with Crippen molar-refractivity contribution < 1.29 is 13.3 Å². The van der Waals surface area contributed by atoms with Crippen LogP contribution in [-0.4, -0.2) is 15.1 Å². The molecule has 0 spiro atoms. The second-order valence-corrected chi connectivity index (χ2v) is 5.39. The Labute approximate surface area is 115 Å². The highest BCUT2D eigenvalue weighted by Crippen LogP contribution is 2.21. The second-order valence-electron chi connectivity index (χ2n) is 5.39. The van der Waals surface area contributed by atoms with Crippen molar-refractivity contribution in [2.45, 2.75) is 39.2 Å². The van der Waals surface area contributed by atoms with Gasteiger partial charge in [0, 0.05) is 17.7 Å². The highest BCUT2D eigenvalue weighted by molar-refractivity contribution is 5.34. The molecule has 0 atom stereocenters. The number of hydrogen-bond donors (Lipinski definition) is 1. The van der Waals surface area contributed by atoms with Crippen LogP contribution < -0.4 is 5.32 Å². The smallest absolute Gasteiger partial charge is 0.298 e. The fraction of sp³-hybridized carbons (Fsp3) is 0.462. The average Bonchev–Trinajstić information content (AvgIpc) is 2.85. The maximum Gasteiger partial charge on any atom is 0.298 e. The van der Waals surface area contributed by atoms with Gasteiger partial charge in [-0.25, -0.2) is 18.7 Å². The van der Waals surface area contributed by atoms with Crippen molar-refractivity contribution in [2.24, 2.45) is 0 Å². The van der Waals surface area contributed by atoms with Crippen LogP contribution in [0.1, 0.15) is 44.5 Å². The van der Waals surface area contributed by atoms with E-state index in [1.165, 1.54) is 6.07 Å². The molecule has 5 nitrogen and oxygen atoms in total. The van der Waals surface area contributed by atoms with Crippen LogP contribution in [0.15, 0.2) is 22.9 Å². The van der Waals surface area contributed by atoms with Gasteiger partial charge in [0.2, 0.25) is 5.76 Å². The molecular formula is C13H16F2N4O. The van der Waals surface area contributed by atoms with E-state index in [1.807, 2.05) is 20.8 Å². The van der Waals surface area contributed by atoms with Gasteiger partial charge in [0.05, 0.1) is 6.54 Å². The summed E-state index contributed by atoms with van der Waals surface area (Å²) in [6.07, 6.45) is -0.994. The van der Waals surface area contributed by atoms with Gasteiger partial charge in [-0.15, -0.1) is 0 Å². The van der Waals surface area contributed by atoms with E-state index >= 15 is 0 Å².